The van der Waals surface area contributed by atoms with E-state index in [0.717, 1.165) is 19.3 Å². The molecule has 0 radical (unpaired) electrons. The molecule has 4 fully saturated rings. The van der Waals surface area contributed by atoms with Crippen LogP contribution >= 0.6 is 0 Å². The Balaban J connectivity index is 1.51. The Labute approximate surface area is 272 Å². The maximum atomic E-state index is 14.3. The first-order chi connectivity index (χ1) is 21.2. The van der Waals surface area contributed by atoms with Crippen LogP contribution in [0.25, 0.3) is 0 Å². The molecule has 0 aromatic rings. The number of carbonyl (C=O) groups is 6. The number of primary amides is 1. The van der Waals surface area contributed by atoms with Gasteiger partial charge < -0.3 is 36.2 Å². The number of fused-ring (bicyclic) bond motifs is 1. The number of nitrogens with two attached hydrogens (primary N) is 1. The number of urea groups is 1. The summed E-state index contributed by atoms with van der Waals surface area (Å²) in [6, 6.07) is -3.89. The van der Waals surface area contributed by atoms with Crippen molar-refractivity contribution in [1.82, 2.24) is 25.8 Å². The highest BCUT2D eigenvalue weighted by molar-refractivity contribution is 6.37. The molecule has 258 valence electrons. The minimum Gasteiger partial charge on any atom is -0.449 e. The molecule has 13 nitrogen and oxygen atoms in total. The number of hydrogen-bond donors (Lipinski definition) is 4. The first-order valence-electron chi connectivity index (χ1n) is 16.7. The number of carbonyl (C=O) groups excluding carboxylic acids is 6. The molecular weight excluding hydrogens is 592 g/mol. The fourth-order valence-corrected chi connectivity index (χ4v) is 7.20. The van der Waals surface area contributed by atoms with Crippen molar-refractivity contribution < 1.29 is 33.5 Å². The van der Waals surface area contributed by atoms with Crippen molar-refractivity contribution in [2.45, 2.75) is 112 Å². The zero-order valence-electron chi connectivity index (χ0n) is 28.7. The van der Waals surface area contributed by atoms with Crippen LogP contribution in [0.3, 0.4) is 0 Å². The van der Waals surface area contributed by atoms with Gasteiger partial charge in [-0.2, -0.15) is 0 Å². The molecular formula is C33H54N6O7. The maximum Gasteiger partial charge on any atom is 0.409 e. The molecule has 0 aromatic carbocycles. The standard InChI is InChI=1S/C33H54N6O7/c1-31(2,3)21(17-38-13-10-14-46-30(38)45)36-29(44)37-25(32(4,5)6)28(43)39-16-19-22(33(19,7)8)23(39)27(42)35-20(24(40)26(34)41)15-18-11-9-12-18/h18-23,25H,9-17H2,1-8H3,(H2,34,41)(H,35,42)(H2,36,37,44)/t19-,20?,21+,22-,23?,25+/m0/s1. The molecule has 5 N–H and O–H groups in total. The van der Waals surface area contributed by atoms with E-state index < -0.39 is 70.6 Å². The predicted molar refractivity (Wildman–Crippen MR) is 170 cm³/mol. The number of Topliss-reactive ketones (excluding diaryl/α,β-unsaturated/α-hetero) is 1. The zero-order chi connectivity index (χ0) is 34.4. The summed E-state index contributed by atoms with van der Waals surface area (Å²) in [5, 5.41) is 8.67. The summed E-state index contributed by atoms with van der Waals surface area (Å²) in [4.78, 5) is 81.7. The first kappa shape index (κ1) is 35.5. The fraction of sp³-hybridized carbons (Fsp3) is 0.818. The van der Waals surface area contributed by atoms with Crippen LogP contribution in [0.15, 0.2) is 0 Å². The molecule has 2 heterocycles. The molecule has 4 aliphatic rings. The molecule has 6 amide bonds. The Morgan fingerprint density at radius 2 is 1.63 bits per heavy atom. The van der Waals surface area contributed by atoms with Gasteiger partial charge in [0.25, 0.3) is 5.91 Å². The van der Waals surface area contributed by atoms with Crippen LogP contribution in [-0.4, -0.2) is 95.8 Å². The minimum atomic E-state index is -1.10. The summed E-state index contributed by atoms with van der Waals surface area (Å²) in [5.74, 6) is -2.63. The third-order valence-electron chi connectivity index (χ3n) is 10.6. The van der Waals surface area contributed by atoms with E-state index in [2.05, 4.69) is 29.8 Å². The molecule has 46 heavy (non-hydrogen) atoms. The van der Waals surface area contributed by atoms with Gasteiger partial charge in [-0.3, -0.25) is 19.2 Å². The van der Waals surface area contributed by atoms with Crippen LogP contribution in [0, 0.1) is 34.0 Å². The van der Waals surface area contributed by atoms with Crippen molar-refractivity contribution in [3.05, 3.63) is 0 Å². The number of likely N-dealkylation sites (tertiary alicyclic amines) is 1. The first-order valence-corrected chi connectivity index (χ1v) is 16.7. The van der Waals surface area contributed by atoms with Gasteiger partial charge in [-0.1, -0.05) is 74.7 Å². The van der Waals surface area contributed by atoms with Crippen LogP contribution in [-0.2, 0) is 23.9 Å². The molecule has 2 saturated heterocycles. The summed E-state index contributed by atoms with van der Waals surface area (Å²) in [7, 11) is 0. The molecule has 0 spiro atoms. The second-order valence-electron chi connectivity index (χ2n) is 16.5. The molecule has 6 atom stereocenters. The van der Waals surface area contributed by atoms with Gasteiger partial charge in [-0.25, -0.2) is 9.59 Å². The van der Waals surface area contributed by atoms with Crippen molar-refractivity contribution in [3.8, 4) is 0 Å². The lowest BCUT2D eigenvalue weighted by Gasteiger charge is -2.39. The third-order valence-corrected chi connectivity index (χ3v) is 10.6. The number of ether oxygens (including phenoxy) is 1. The number of ketones is 1. The van der Waals surface area contributed by atoms with E-state index in [1.165, 1.54) is 4.90 Å². The number of amides is 6. The smallest absolute Gasteiger partial charge is 0.409 e. The van der Waals surface area contributed by atoms with Gasteiger partial charge in [0.1, 0.15) is 12.1 Å². The van der Waals surface area contributed by atoms with Crippen LogP contribution in [0.1, 0.15) is 87.5 Å². The van der Waals surface area contributed by atoms with Crippen LogP contribution in [0.4, 0.5) is 9.59 Å². The normalized spacial score (nSPS) is 26.1. The average Bonchev–Trinajstić information content (AvgIpc) is 3.24. The van der Waals surface area contributed by atoms with Crippen LogP contribution < -0.4 is 21.7 Å². The van der Waals surface area contributed by atoms with Gasteiger partial charge in [-0.05, 0) is 46.8 Å². The average molecular weight is 647 g/mol. The van der Waals surface area contributed by atoms with E-state index in [0.29, 0.717) is 32.5 Å². The Kier molecular flexibility index (Phi) is 10.0. The SMILES string of the molecule is CC(C)(C)[C@H](NC(=O)N[C@H](CN1CCCOC1=O)C(C)(C)C)C(=O)N1C[C@H]2[C@@H](C1C(=O)NC(CC1CCC1)C(=O)C(N)=O)C2(C)C. The van der Waals surface area contributed by atoms with Crippen LogP contribution in [0.5, 0.6) is 0 Å². The molecule has 0 bridgehead atoms. The minimum absolute atomic E-state index is 0.0770. The number of cyclic esters (lactones) is 1. The Bertz CT molecular complexity index is 1230. The quantitative estimate of drug-likeness (QED) is 0.248. The summed E-state index contributed by atoms with van der Waals surface area (Å²) >= 11 is 0. The second-order valence-corrected chi connectivity index (χ2v) is 16.5. The topological polar surface area (TPSA) is 180 Å². The van der Waals surface area contributed by atoms with Gasteiger partial charge in [0.05, 0.1) is 18.7 Å². The van der Waals surface area contributed by atoms with E-state index in [1.54, 1.807) is 4.90 Å². The van der Waals surface area contributed by atoms with Crippen molar-refractivity contribution in [1.29, 1.82) is 0 Å². The van der Waals surface area contributed by atoms with Crippen molar-refractivity contribution in [2.75, 3.05) is 26.2 Å². The highest BCUT2D eigenvalue weighted by Gasteiger charge is 2.70. The van der Waals surface area contributed by atoms with Gasteiger partial charge in [-0.15, -0.1) is 0 Å². The second kappa shape index (κ2) is 13.0. The van der Waals surface area contributed by atoms with Crippen molar-refractivity contribution in [3.63, 3.8) is 0 Å². The summed E-state index contributed by atoms with van der Waals surface area (Å²) in [6.07, 6.45) is 3.50. The van der Waals surface area contributed by atoms with Gasteiger partial charge in [0, 0.05) is 19.6 Å². The zero-order valence-corrected chi connectivity index (χ0v) is 28.7. The number of nitrogens with one attached hydrogen (secondary N) is 3. The van der Waals surface area contributed by atoms with E-state index in [1.807, 2.05) is 41.5 Å². The van der Waals surface area contributed by atoms with E-state index >= 15 is 0 Å². The number of piperidine rings is 1. The van der Waals surface area contributed by atoms with E-state index in [4.69, 9.17) is 10.5 Å². The summed E-state index contributed by atoms with van der Waals surface area (Å²) in [6.45, 7) is 17.0. The number of hydrogen-bond acceptors (Lipinski definition) is 7. The highest BCUT2D eigenvalue weighted by Crippen LogP contribution is 2.65. The Morgan fingerprint density at radius 3 is 2.15 bits per heavy atom. The summed E-state index contributed by atoms with van der Waals surface area (Å²) < 4.78 is 5.17. The Morgan fingerprint density at radius 1 is 0.978 bits per heavy atom. The molecule has 2 unspecified atom stereocenters. The van der Waals surface area contributed by atoms with Crippen LogP contribution in [0.2, 0.25) is 0 Å². The van der Waals surface area contributed by atoms with E-state index in [-0.39, 0.29) is 29.7 Å². The molecule has 13 heteroatoms. The largest absolute Gasteiger partial charge is 0.449 e. The molecule has 4 rings (SSSR count). The lowest BCUT2D eigenvalue weighted by molar-refractivity contribution is -0.145. The number of rotatable bonds is 11. The molecule has 0 aromatic heterocycles. The fourth-order valence-electron chi connectivity index (χ4n) is 7.20. The van der Waals surface area contributed by atoms with Gasteiger partial charge in [0.15, 0.2) is 0 Å². The molecule has 2 saturated carbocycles. The van der Waals surface area contributed by atoms with Crippen molar-refractivity contribution in [2.24, 2.45) is 39.7 Å². The third kappa shape index (κ3) is 7.60. The Hall–Kier alpha value is -3.38. The predicted octanol–water partition coefficient (Wildman–Crippen LogP) is 2.17. The lowest BCUT2D eigenvalue weighted by atomic mass is 9.80. The molecule has 2 aliphatic heterocycles. The van der Waals surface area contributed by atoms with Crippen molar-refractivity contribution >= 4 is 35.6 Å². The lowest BCUT2D eigenvalue weighted by Crippen LogP contribution is -2.63. The van der Waals surface area contributed by atoms with Gasteiger partial charge in [0.2, 0.25) is 17.6 Å². The maximum absolute atomic E-state index is 14.3. The monoisotopic (exact) mass is 646 g/mol. The van der Waals surface area contributed by atoms with Gasteiger partial charge >= 0.3 is 12.1 Å². The van der Waals surface area contributed by atoms with E-state index in [9.17, 15) is 28.8 Å². The number of nitrogens with zero attached hydrogens (tertiary/aromatic N) is 2. The summed E-state index contributed by atoms with van der Waals surface area (Å²) in [5.41, 5.74) is 4.01. The highest BCUT2D eigenvalue weighted by atomic mass is 16.6. The molecule has 2 aliphatic carbocycles.